The topological polar surface area (TPSA) is 38.3 Å². The van der Waals surface area contributed by atoms with Crippen LogP contribution in [0.3, 0.4) is 0 Å². The lowest BCUT2D eigenvalue weighted by atomic mass is 10.1. The number of nitrogens with one attached hydrogen (secondary N) is 1. The van der Waals surface area contributed by atoms with Crippen LogP contribution >= 0.6 is 0 Å². The number of aldehydes is 1. The SMILES string of the molecule is O=CCCCCC1CNCCO1. The summed E-state index contributed by atoms with van der Waals surface area (Å²) in [6.07, 6.45) is 5.25. The molecular formula is C9H17NO2. The molecule has 0 bridgehead atoms. The molecule has 1 rings (SSSR count). The molecule has 70 valence electrons. The predicted molar refractivity (Wildman–Crippen MR) is 47.1 cm³/mol. The lowest BCUT2D eigenvalue weighted by Gasteiger charge is -2.23. The van der Waals surface area contributed by atoms with E-state index in [4.69, 9.17) is 4.74 Å². The second-order valence-electron chi connectivity index (χ2n) is 3.15. The van der Waals surface area contributed by atoms with Crippen LogP contribution in [0.25, 0.3) is 0 Å². The second-order valence-corrected chi connectivity index (χ2v) is 3.15. The highest BCUT2D eigenvalue weighted by molar-refractivity contribution is 5.48. The molecule has 3 nitrogen and oxygen atoms in total. The zero-order valence-corrected chi connectivity index (χ0v) is 7.42. The van der Waals surface area contributed by atoms with Gasteiger partial charge >= 0.3 is 0 Å². The van der Waals surface area contributed by atoms with E-state index in [0.717, 1.165) is 45.2 Å². The van der Waals surface area contributed by atoms with Gasteiger partial charge in [-0.2, -0.15) is 0 Å². The second kappa shape index (κ2) is 6.14. The zero-order valence-electron chi connectivity index (χ0n) is 7.42. The summed E-state index contributed by atoms with van der Waals surface area (Å²) in [6.45, 7) is 2.78. The predicted octanol–water partition coefficient (Wildman–Crippen LogP) is 0.734. The zero-order chi connectivity index (χ0) is 8.65. The fraction of sp³-hybridized carbons (Fsp3) is 0.889. The molecule has 1 atom stereocenters. The van der Waals surface area contributed by atoms with E-state index < -0.39 is 0 Å². The van der Waals surface area contributed by atoms with Gasteiger partial charge in [0.25, 0.3) is 0 Å². The molecule has 0 radical (unpaired) electrons. The van der Waals surface area contributed by atoms with Gasteiger partial charge in [0.2, 0.25) is 0 Å². The van der Waals surface area contributed by atoms with Crippen LogP contribution in [0.4, 0.5) is 0 Å². The Hall–Kier alpha value is -0.410. The fourth-order valence-corrected chi connectivity index (χ4v) is 1.40. The van der Waals surface area contributed by atoms with Crippen molar-refractivity contribution in [1.29, 1.82) is 0 Å². The standard InChI is InChI=1S/C9H17NO2/c11-6-3-1-2-4-9-8-10-5-7-12-9/h6,9-10H,1-5,7-8H2. The Morgan fingerprint density at radius 3 is 3.08 bits per heavy atom. The number of carbonyl (C=O) groups is 1. The number of unbranched alkanes of at least 4 members (excludes halogenated alkanes) is 2. The average molecular weight is 171 g/mol. The van der Waals surface area contributed by atoms with Crippen molar-refractivity contribution < 1.29 is 9.53 Å². The van der Waals surface area contributed by atoms with Crippen LogP contribution in [0.5, 0.6) is 0 Å². The van der Waals surface area contributed by atoms with Gasteiger partial charge in [0.05, 0.1) is 12.7 Å². The van der Waals surface area contributed by atoms with Crippen molar-refractivity contribution in [3.8, 4) is 0 Å². The Kier molecular flexibility index (Phi) is 4.95. The van der Waals surface area contributed by atoms with Crippen LogP contribution in [0.15, 0.2) is 0 Å². The Balaban J connectivity index is 1.94. The molecule has 1 saturated heterocycles. The minimum Gasteiger partial charge on any atom is -0.376 e. The highest BCUT2D eigenvalue weighted by Crippen LogP contribution is 2.07. The van der Waals surface area contributed by atoms with Crippen LogP contribution in [0, 0.1) is 0 Å². The van der Waals surface area contributed by atoms with Crippen molar-refractivity contribution in [2.75, 3.05) is 19.7 Å². The summed E-state index contributed by atoms with van der Waals surface area (Å²) in [5, 5.41) is 3.28. The number of ether oxygens (including phenoxy) is 1. The Bertz CT molecular complexity index is 122. The monoisotopic (exact) mass is 171 g/mol. The van der Waals surface area contributed by atoms with E-state index in [1.54, 1.807) is 0 Å². The van der Waals surface area contributed by atoms with Crippen molar-refractivity contribution in [3.05, 3.63) is 0 Å². The van der Waals surface area contributed by atoms with Crippen LogP contribution < -0.4 is 5.32 Å². The van der Waals surface area contributed by atoms with E-state index in [1.807, 2.05) is 0 Å². The van der Waals surface area contributed by atoms with Gasteiger partial charge in [-0.3, -0.25) is 0 Å². The molecule has 0 spiro atoms. The highest BCUT2D eigenvalue weighted by Gasteiger charge is 2.11. The van der Waals surface area contributed by atoms with Gasteiger partial charge in [0, 0.05) is 19.5 Å². The van der Waals surface area contributed by atoms with Gasteiger partial charge in [-0.1, -0.05) is 6.42 Å². The molecule has 0 aromatic rings. The normalized spacial score (nSPS) is 23.8. The minimum atomic E-state index is 0.380. The van der Waals surface area contributed by atoms with Crippen molar-refractivity contribution in [3.63, 3.8) is 0 Å². The number of hydrogen-bond acceptors (Lipinski definition) is 3. The first-order chi connectivity index (χ1) is 5.93. The molecule has 0 aliphatic carbocycles. The molecule has 0 amide bonds. The molecular weight excluding hydrogens is 154 g/mol. The maximum Gasteiger partial charge on any atom is 0.119 e. The number of rotatable bonds is 5. The number of carbonyl (C=O) groups excluding carboxylic acids is 1. The van der Waals surface area contributed by atoms with Gasteiger partial charge in [0.1, 0.15) is 6.29 Å². The van der Waals surface area contributed by atoms with Gasteiger partial charge < -0.3 is 14.8 Å². The minimum absolute atomic E-state index is 0.380. The maximum absolute atomic E-state index is 10.0. The molecule has 0 aromatic heterocycles. The van der Waals surface area contributed by atoms with Gasteiger partial charge in [-0.05, 0) is 12.8 Å². The smallest absolute Gasteiger partial charge is 0.119 e. The van der Waals surface area contributed by atoms with Crippen LogP contribution in [-0.2, 0) is 9.53 Å². The first kappa shape index (κ1) is 9.68. The Morgan fingerprint density at radius 1 is 1.50 bits per heavy atom. The van der Waals surface area contributed by atoms with E-state index >= 15 is 0 Å². The molecule has 1 aliphatic rings. The lowest BCUT2D eigenvalue weighted by Crippen LogP contribution is -2.38. The summed E-state index contributed by atoms with van der Waals surface area (Å²) in [4.78, 5) is 10.0. The van der Waals surface area contributed by atoms with E-state index in [-0.39, 0.29) is 0 Å². The first-order valence-electron chi connectivity index (χ1n) is 4.69. The fourth-order valence-electron chi connectivity index (χ4n) is 1.40. The molecule has 1 heterocycles. The quantitative estimate of drug-likeness (QED) is 0.489. The number of morpholine rings is 1. The lowest BCUT2D eigenvalue weighted by molar-refractivity contribution is -0.108. The van der Waals surface area contributed by atoms with E-state index in [2.05, 4.69) is 5.32 Å². The summed E-state index contributed by atoms with van der Waals surface area (Å²) in [5.74, 6) is 0. The van der Waals surface area contributed by atoms with Crippen molar-refractivity contribution in [1.82, 2.24) is 5.32 Å². The molecule has 0 saturated carbocycles. The van der Waals surface area contributed by atoms with Crippen LogP contribution in [0.1, 0.15) is 25.7 Å². The van der Waals surface area contributed by atoms with E-state index in [9.17, 15) is 4.79 Å². The maximum atomic E-state index is 10.0. The summed E-state index contributed by atoms with van der Waals surface area (Å²) in [7, 11) is 0. The van der Waals surface area contributed by atoms with E-state index in [0.29, 0.717) is 12.5 Å². The third-order valence-corrected chi connectivity index (χ3v) is 2.10. The Labute approximate surface area is 73.5 Å². The van der Waals surface area contributed by atoms with Crippen molar-refractivity contribution >= 4 is 6.29 Å². The summed E-state index contributed by atoms with van der Waals surface area (Å²) < 4.78 is 5.51. The molecule has 3 heteroatoms. The van der Waals surface area contributed by atoms with Gasteiger partial charge in [-0.15, -0.1) is 0 Å². The van der Waals surface area contributed by atoms with Crippen molar-refractivity contribution in [2.24, 2.45) is 0 Å². The molecule has 1 N–H and O–H groups in total. The number of hydrogen-bond donors (Lipinski definition) is 1. The molecule has 0 aromatic carbocycles. The third-order valence-electron chi connectivity index (χ3n) is 2.10. The average Bonchev–Trinajstić information content (AvgIpc) is 2.14. The summed E-state index contributed by atoms with van der Waals surface area (Å²) in [5.41, 5.74) is 0. The summed E-state index contributed by atoms with van der Waals surface area (Å²) in [6, 6.07) is 0. The van der Waals surface area contributed by atoms with Gasteiger partial charge in [-0.25, -0.2) is 0 Å². The van der Waals surface area contributed by atoms with Crippen LogP contribution in [-0.4, -0.2) is 32.1 Å². The molecule has 1 fully saturated rings. The third kappa shape index (κ3) is 3.83. The molecule has 12 heavy (non-hydrogen) atoms. The molecule has 1 unspecified atom stereocenters. The first-order valence-corrected chi connectivity index (χ1v) is 4.69. The highest BCUT2D eigenvalue weighted by atomic mass is 16.5. The largest absolute Gasteiger partial charge is 0.376 e. The summed E-state index contributed by atoms with van der Waals surface area (Å²) >= 11 is 0. The van der Waals surface area contributed by atoms with E-state index in [1.165, 1.54) is 0 Å². The Morgan fingerprint density at radius 2 is 2.42 bits per heavy atom. The molecule has 1 aliphatic heterocycles. The van der Waals surface area contributed by atoms with Crippen molar-refractivity contribution in [2.45, 2.75) is 31.8 Å². The van der Waals surface area contributed by atoms with Gasteiger partial charge in [0.15, 0.2) is 0 Å². The van der Waals surface area contributed by atoms with Crippen LogP contribution in [0.2, 0.25) is 0 Å².